The Morgan fingerprint density at radius 1 is 1.55 bits per heavy atom. The number of methoxy groups -OCH3 is 1. The van der Waals surface area contributed by atoms with Crippen LogP contribution in [0.4, 0.5) is 5.13 Å². The molecule has 1 aliphatic heterocycles. The van der Waals surface area contributed by atoms with Gasteiger partial charge in [-0.05, 0) is 6.07 Å². The molecule has 1 aliphatic rings. The van der Waals surface area contributed by atoms with E-state index in [0.717, 1.165) is 25.2 Å². The lowest BCUT2D eigenvalue weighted by Crippen LogP contribution is -2.22. The second kappa shape index (κ2) is 5.56. The van der Waals surface area contributed by atoms with Crippen LogP contribution in [0.1, 0.15) is 20.9 Å². The van der Waals surface area contributed by atoms with Gasteiger partial charge in [0.15, 0.2) is 5.13 Å². The Kier molecular flexibility index (Phi) is 3.62. The van der Waals surface area contributed by atoms with E-state index in [-0.39, 0.29) is 5.91 Å². The molecule has 0 unspecified atom stereocenters. The molecule has 2 aromatic heterocycles. The van der Waals surface area contributed by atoms with E-state index in [4.69, 9.17) is 4.74 Å². The van der Waals surface area contributed by atoms with Gasteiger partial charge in [0, 0.05) is 30.6 Å². The van der Waals surface area contributed by atoms with E-state index in [2.05, 4.69) is 20.6 Å². The normalized spacial score (nSPS) is 13.7. The molecule has 1 amide bonds. The molecule has 0 spiro atoms. The molecule has 2 N–H and O–H groups in total. The summed E-state index contributed by atoms with van der Waals surface area (Å²) in [5.74, 6) is 0.219. The maximum atomic E-state index is 12.2. The maximum absolute atomic E-state index is 12.2. The first-order valence-electron chi connectivity index (χ1n) is 6.26. The minimum atomic E-state index is -0.233. The Bertz CT molecular complexity index is 618. The molecule has 0 aromatic carbocycles. The molecular weight excluding hydrogens is 276 g/mol. The molecule has 7 heteroatoms. The van der Waals surface area contributed by atoms with E-state index in [9.17, 15) is 4.79 Å². The third-order valence-electron chi connectivity index (χ3n) is 3.07. The smallest absolute Gasteiger partial charge is 0.261 e. The minimum Gasteiger partial charge on any atom is -0.494 e. The Hall–Kier alpha value is -1.99. The van der Waals surface area contributed by atoms with E-state index in [0.29, 0.717) is 16.4 Å². The van der Waals surface area contributed by atoms with Crippen molar-refractivity contribution < 1.29 is 9.53 Å². The van der Waals surface area contributed by atoms with E-state index in [1.165, 1.54) is 29.5 Å². The number of rotatable bonds is 3. The first kappa shape index (κ1) is 13.0. The predicted octanol–water partition coefficient (Wildman–Crippen LogP) is 1.44. The van der Waals surface area contributed by atoms with Crippen molar-refractivity contribution in [2.45, 2.75) is 13.0 Å². The van der Waals surface area contributed by atoms with Crippen molar-refractivity contribution in [2.24, 2.45) is 0 Å². The molecule has 0 saturated carbocycles. The molecule has 0 radical (unpaired) electrons. The van der Waals surface area contributed by atoms with Gasteiger partial charge in [0.2, 0.25) is 0 Å². The molecule has 0 fully saturated rings. The largest absolute Gasteiger partial charge is 0.494 e. The standard InChI is InChI=1S/C13H14N4O2S/c1-19-10-6-14-4-2-8(10)12(18)17-13-16-9-3-5-15-7-11(9)20-13/h2,4,6,15H,3,5,7H2,1H3,(H,16,17,18). The summed E-state index contributed by atoms with van der Waals surface area (Å²) in [7, 11) is 1.52. The molecule has 6 nitrogen and oxygen atoms in total. The van der Waals surface area contributed by atoms with E-state index >= 15 is 0 Å². The number of nitrogens with one attached hydrogen (secondary N) is 2. The van der Waals surface area contributed by atoms with Gasteiger partial charge < -0.3 is 10.1 Å². The lowest BCUT2D eigenvalue weighted by Gasteiger charge is -2.09. The molecule has 0 saturated heterocycles. The molecule has 2 aromatic rings. The molecule has 0 aliphatic carbocycles. The number of anilines is 1. The summed E-state index contributed by atoms with van der Waals surface area (Å²) in [5, 5.41) is 6.74. The summed E-state index contributed by atoms with van der Waals surface area (Å²) in [4.78, 5) is 21.8. The second-order valence-corrected chi connectivity index (χ2v) is 5.43. The van der Waals surface area contributed by atoms with Crippen LogP contribution in [-0.4, -0.2) is 29.5 Å². The number of hydrogen-bond acceptors (Lipinski definition) is 6. The fraction of sp³-hybridized carbons (Fsp3) is 0.308. The maximum Gasteiger partial charge on any atom is 0.261 e. The van der Waals surface area contributed by atoms with Crippen molar-refractivity contribution in [3.63, 3.8) is 0 Å². The topological polar surface area (TPSA) is 76.1 Å². The third kappa shape index (κ3) is 2.50. The first-order valence-corrected chi connectivity index (χ1v) is 7.08. The summed E-state index contributed by atoms with van der Waals surface area (Å²) in [5.41, 5.74) is 1.53. The summed E-state index contributed by atoms with van der Waals surface area (Å²) < 4.78 is 5.14. The highest BCUT2D eigenvalue weighted by molar-refractivity contribution is 7.15. The van der Waals surface area contributed by atoms with E-state index < -0.39 is 0 Å². The van der Waals surface area contributed by atoms with Gasteiger partial charge in [0.1, 0.15) is 5.75 Å². The van der Waals surface area contributed by atoms with Gasteiger partial charge in [-0.2, -0.15) is 0 Å². The Morgan fingerprint density at radius 2 is 2.45 bits per heavy atom. The van der Waals surface area contributed by atoms with Crippen molar-refractivity contribution >= 4 is 22.4 Å². The zero-order chi connectivity index (χ0) is 13.9. The molecule has 3 rings (SSSR count). The number of nitrogens with zero attached hydrogens (tertiary/aromatic N) is 2. The number of hydrogen-bond donors (Lipinski definition) is 2. The fourth-order valence-electron chi connectivity index (χ4n) is 2.07. The van der Waals surface area contributed by atoms with Crippen molar-refractivity contribution in [3.8, 4) is 5.75 Å². The van der Waals surface area contributed by atoms with Gasteiger partial charge in [0.25, 0.3) is 5.91 Å². The van der Waals surface area contributed by atoms with Crippen LogP contribution in [0.5, 0.6) is 5.75 Å². The monoisotopic (exact) mass is 290 g/mol. The lowest BCUT2D eigenvalue weighted by atomic mass is 10.2. The highest BCUT2D eigenvalue weighted by atomic mass is 32.1. The molecule has 104 valence electrons. The highest BCUT2D eigenvalue weighted by Crippen LogP contribution is 2.26. The van der Waals surface area contributed by atoms with Crippen LogP contribution in [-0.2, 0) is 13.0 Å². The summed E-state index contributed by atoms with van der Waals surface area (Å²) >= 11 is 1.51. The summed E-state index contributed by atoms with van der Waals surface area (Å²) in [6.07, 6.45) is 3.99. The van der Waals surface area contributed by atoms with Crippen LogP contribution >= 0.6 is 11.3 Å². The van der Waals surface area contributed by atoms with Gasteiger partial charge in [-0.15, -0.1) is 11.3 Å². The molecular formula is C13H14N4O2S. The van der Waals surface area contributed by atoms with Gasteiger partial charge in [0.05, 0.1) is 24.6 Å². The average molecular weight is 290 g/mol. The van der Waals surface area contributed by atoms with Crippen molar-refractivity contribution in [1.29, 1.82) is 0 Å². The zero-order valence-corrected chi connectivity index (χ0v) is 11.8. The van der Waals surface area contributed by atoms with Gasteiger partial charge >= 0.3 is 0 Å². The SMILES string of the molecule is COc1cnccc1C(=O)Nc1nc2c(s1)CNCC2. The highest BCUT2D eigenvalue weighted by Gasteiger charge is 2.18. The van der Waals surface area contributed by atoms with Gasteiger partial charge in [-0.1, -0.05) is 0 Å². The van der Waals surface area contributed by atoms with Crippen LogP contribution in [0.25, 0.3) is 0 Å². The first-order chi connectivity index (χ1) is 9.78. The van der Waals surface area contributed by atoms with E-state index in [1.807, 2.05) is 0 Å². The summed E-state index contributed by atoms with van der Waals surface area (Å²) in [6.45, 7) is 1.75. The number of carbonyl (C=O) groups excluding carboxylic acids is 1. The summed E-state index contributed by atoms with van der Waals surface area (Å²) in [6, 6.07) is 1.63. The molecule has 20 heavy (non-hydrogen) atoms. The van der Waals surface area contributed by atoms with E-state index in [1.54, 1.807) is 12.3 Å². The third-order valence-corrected chi connectivity index (χ3v) is 4.08. The number of carbonyl (C=O) groups is 1. The average Bonchev–Trinajstić information content (AvgIpc) is 2.89. The van der Waals surface area contributed by atoms with Crippen LogP contribution in [0.15, 0.2) is 18.5 Å². The fourth-order valence-corrected chi connectivity index (χ4v) is 3.05. The van der Waals surface area contributed by atoms with Crippen LogP contribution in [0.3, 0.4) is 0 Å². The zero-order valence-electron chi connectivity index (χ0n) is 11.0. The Balaban J connectivity index is 1.80. The number of amides is 1. The number of pyridine rings is 1. The van der Waals surface area contributed by atoms with Crippen LogP contribution in [0, 0.1) is 0 Å². The number of ether oxygens (including phenoxy) is 1. The van der Waals surface area contributed by atoms with Crippen molar-refractivity contribution in [3.05, 3.63) is 34.6 Å². The van der Waals surface area contributed by atoms with Crippen molar-refractivity contribution in [2.75, 3.05) is 19.0 Å². The molecule has 3 heterocycles. The molecule has 0 atom stereocenters. The lowest BCUT2D eigenvalue weighted by molar-refractivity contribution is 0.102. The van der Waals surface area contributed by atoms with Crippen molar-refractivity contribution in [1.82, 2.24) is 15.3 Å². The van der Waals surface area contributed by atoms with Crippen LogP contribution in [0.2, 0.25) is 0 Å². The Labute approximate surface area is 120 Å². The predicted molar refractivity (Wildman–Crippen MR) is 76.3 cm³/mol. The minimum absolute atomic E-state index is 0.233. The number of fused-ring (bicyclic) bond motifs is 1. The molecule has 0 bridgehead atoms. The number of thiazole rings is 1. The Morgan fingerprint density at radius 3 is 3.25 bits per heavy atom. The van der Waals surface area contributed by atoms with Gasteiger partial charge in [-0.25, -0.2) is 4.98 Å². The number of aromatic nitrogens is 2. The van der Waals surface area contributed by atoms with Gasteiger partial charge in [-0.3, -0.25) is 15.1 Å². The second-order valence-electron chi connectivity index (χ2n) is 4.35. The quantitative estimate of drug-likeness (QED) is 0.894. The van der Waals surface area contributed by atoms with Crippen LogP contribution < -0.4 is 15.4 Å².